The second-order valence-corrected chi connectivity index (χ2v) is 4.18. The molecule has 90 valence electrons. The van der Waals surface area contributed by atoms with E-state index in [0.29, 0.717) is 11.3 Å². The van der Waals surface area contributed by atoms with Crippen LogP contribution in [-0.4, -0.2) is 23.5 Å². The van der Waals surface area contributed by atoms with E-state index < -0.39 is 11.9 Å². The van der Waals surface area contributed by atoms with Gasteiger partial charge in [-0.2, -0.15) is 0 Å². The summed E-state index contributed by atoms with van der Waals surface area (Å²) >= 11 is 0. The lowest BCUT2D eigenvalue weighted by atomic mass is 10.1. The maximum absolute atomic E-state index is 13.1. The van der Waals surface area contributed by atoms with Gasteiger partial charge in [0.15, 0.2) is 0 Å². The van der Waals surface area contributed by atoms with Crippen LogP contribution in [0.2, 0.25) is 0 Å². The summed E-state index contributed by atoms with van der Waals surface area (Å²) in [5.41, 5.74) is 0.992. The molecule has 17 heavy (non-hydrogen) atoms. The van der Waals surface area contributed by atoms with Crippen LogP contribution in [0, 0.1) is 18.7 Å². The molecule has 1 saturated heterocycles. The maximum atomic E-state index is 13.1. The molecule has 1 aliphatic rings. The van der Waals surface area contributed by atoms with Gasteiger partial charge in [0.05, 0.1) is 5.92 Å². The number of carbonyl (C=O) groups excluding carboxylic acids is 1. The number of anilines is 1. The highest BCUT2D eigenvalue weighted by atomic mass is 19.1. The van der Waals surface area contributed by atoms with Crippen LogP contribution in [0.4, 0.5) is 10.1 Å². The third-order valence-corrected chi connectivity index (χ3v) is 2.93. The number of aliphatic carboxylic acids is 1. The van der Waals surface area contributed by atoms with Gasteiger partial charge in [-0.15, -0.1) is 0 Å². The number of carboxylic acid groups (broad SMARTS) is 1. The summed E-state index contributed by atoms with van der Waals surface area (Å²) in [4.78, 5) is 23.9. The minimum absolute atomic E-state index is 0.00571. The van der Waals surface area contributed by atoms with Gasteiger partial charge in [0.25, 0.3) is 0 Å². The van der Waals surface area contributed by atoms with E-state index in [0.717, 1.165) is 0 Å². The zero-order chi connectivity index (χ0) is 12.6. The Hall–Kier alpha value is -1.91. The fraction of sp³-hybridized carbons (Fsp3) is 0.333. The monoisotopic (exact) mass is 237 g/mol. The van der Waals surface area contributed by atoms with Gasteiger partial charge >= 0.3 is 5.97 Å². The summed E-state index contributed by atoms with van der Waals surface area (Å²) in [5.74, 6) is -2.22. The molecule has 4 nitrogen and oxygen atoms in total. The molecule has 0 radical (unpaired) electrons. The van der Waals surface area contributed by atoms with E-state index in [1.165, 1.54) is 17.0 Å². The van der Waals surface area contributed by atoms with Crippen molar-refractivity contribution >= 4 is 17.6 Å². The lowest BCUT2D eigenvalue weighted by Gasteiger charge is -2.16. The van der Waals surface area contributed by atoms with Gasteiger partial charge in [-0.25, -0.2) is 4.39 Å². The molecule has 1 aliphatic heterocycles. The summed E-state index contributed by atoms with van der Waals surface area (Å²) in [7, 11) is 0. The van der Waals surface area contributed by atoms with Gasteiger partial charge in [0.1, 0.15) is 5.82 Å². The highest BCUT2D eigenvalue weighted by Crippen LogP contribution is 2.26. The fourth-order valence-electron chi connectivity index (χ4n) is 1.92. The zero-order valence-electron chi connectivity index (χ0n) is 9.31. The summed E-state index contributed by atoms with van der Waals surface area (Å²) in [6.45, 7) is 1.76. The van der Waals surface area contributed by atoms with Crippen LogP contribution in [0.5, 0.6) is 0 Å². The van der Waals surface area contributed by atoms with E-state index >= 15 is 0 Å². The molecule has 0 saturated carbocycles. The molecule has 1 atom stereocenters. The molecule has 2 rings (SSSR count). The van der Waals surface area contributed by atoms with Gasteiger partial charge in [-0.05, 0) is 30.7 Å². The van der Waals surface area contributed by atoms with Gasteiger partial charge in [0, 0.05) is 18.7 Å². The molecule has 1 aromatic rings. The fourth-order valence-corrected chi connectivity index (χ4v) is 1.92. The number of nitrogens with zero attached hydrogens (tertiary/aromatic N) is 1. The van der Waals surface area contributed by atoms with Crippen LogP contribution in [0.25, 0.3) is 0 Å². The molecule has 0 bridgehead atoms. The van der Waals surface area contributed by atoms with Crippen molar-refractivity contribution in [2.24, 2.45) is 5.92 Å². The number of carboxylic acids is 1. The average molecular weight is 237 g/mol. The van der Waals surface area contributed by atoms with Crippen molar-refractivity contribution in [1.29, 1.82) is 0 Å². The smallest absolute Gasteiger partial charge is 0.308 e. The molecule has 5 heteroatoms. The molecular formula is C12H12FNO3. The highest BCUT2D eigenvalue weighted by Gasteiger charge is 2.35. The Bertz CT molecular complexity index is 487. The normalized spacial score (nSPS) is 19.8. The minimum Gasteiger partial charge on any atom is -0.481 e. The topological polar surface area (TPSA) is 57.6 Å². The number of carbonyl (C=O) groups is 2. The summed E-state index contributed by atoms with van der Waals surface area (Å²) in [6, 6.07) is 4.33. The lowest BCUT2D eigenvalue weighted by molar-refractivity contribution is -0.141. The quantitative estimate of drug-likeness (QED) is 0.849. The maximum Gasteiger partial charge on any atom is 0.308 e. The molecule has 0 spiro atoms. The van der Waals surface area contributed by atoms with Crippen molar-refractivity contribution in [3.8, 4) is 0 Å². The van der Waals surface area contributed by atoms with Gasteiger partial charge in [-0.1, -0.05) is 0 Å². The molecule has 1 fully saturated rings. The molecule has 0 aromatic heterocycles. The Morgan fingerprint density at radius 2 is 2.24 bits per heavy atom. The molecule has 0 unspecified atom stereocenters. The Labute approximate surface area is 97.7 Å². The van der Waals surface area contributed by atoms with E-state index in [2.05, 4.69) is 0 Å². The average Bonchev–Trinajstić information content (AvgIpc) is 2.65. The van der Waals surface area contributed by atoms with Crippen LogP contribution < -0.4 is 4.90 Å². The number of amides is 1. The first-order valence-electron chi connectivity index (χ1n) is 5.28. The third kappa shape index (κ3) is 2.13. The Balaban J connectivity index is 2.26. The van der Waals surface area contributed by atoms with Crippen LogP contribution >= 0.6 is 0 Å². The first kappa shape index (κ1) is 11.6. The van der Waals surface area contributed by atoms with Crippen molar-refractivity contribution < 1.29 is 19.1 Å². The highest BCUT2D eigenvalue weighted by molar-refractivity contribution is 5.99. The Kier molecular flexibility index (Phi) is 2.83. The number of hydrogen-bond donors (Lipinski definition) is 1. The van der Waals surface area contributed by atoms with Crippen molar-refractivity contribution in [3.63, 3.8) is 0 Å². The minimum atomic E-state index is -0.973. The van der Waals surface area contributed by atoms with Crippen molar-refractivity contribution in [2.45, 2.75) is 13.3 Å². The summed E-state index contributed by atoms with van der Waals surface area (Å²) in [5, 5.41) is 8.86. The van der Waals surface area contributed by atoms with Crippen LogP contribution in [0.1, 0.15) is 12.0 Å². The first-order valence-corrected chi connectivity index (χ1v) is 5.28. The SMILES string of the molecule is Cc1cc(N2C[C@H](C(=O)O)CC2=O)ccc1F. The van der Waals surface area contributed by atoms with Crippen molar-refractivity contribution in [2.75, 3.05) is 11.4 Å². The molecule has 1 heterocycles. The first-order chi connectivity index (χ1) is 7.99. The van der Waals surface area contributed by atoms with E-state index in [9.17, 15) is 14.0 Å². The summed E-state index contributed by atoms with van der Waals surface area (Å²) < 4.78 is 13.1. The van der Waals surface area contributed by atoms with Gasteiger partial charge < -0.3 is 10.0 Å². The number of aryl methyl sites for hydroxylation is 1. The van der Waals surface area contributed by atoms with E-state index in [4.69, 9.17) is 5.11 Å². The predicted octanol–water partition coefficient (Wildman–Crippen LogP) is 1.57. The van der Waals surface area contributed by atoms with E-state index in [1.54, 1.807) is 13.0 Å². The van der Waals surface area contributed by atoms with Crippen LogP contribution in [-0.2, 0) is 9.59 Å². The molecule has 1 N–H and O–H groups in total. The van der Waals surface area contributed by atoms with Gasteiger partial charge in [0.2, 0.25) is 5.91 Å². The second kappa shape index (κ2) is 4.16. The summed E-state index contributed by atoms with van der Waals surface area (Å²) in [6.07, 6.45) is 0.00571. The Morgan fingerprint density at radius 3 is 2.76 bits per heavy atom. The molecule has 1 aromatic carbocycles. The second-order valence-electron chi connectivity index (χ2n) is 4.18. The predicted molar refractivity (Wildman–Crippen MR) is 59.2 cm³/mol. The van der Waals surface area contributed by atoms with Crippen LogP contribution in [0.15, 0.2) is 18.2 Å². The van der Waals surface area contributed by atoms with Crippen molar-refractivity contribution in [3.05, 3.63) is 29.6 Å². The third-order valence-electron chi connectivity index (χ3n) is 2.93. The molecule has 1 amide bonds. The largest absolute Gasteiger partial charge is 0.481 e. The Morgan fingerprint density at radius 1 is 1.53 bits per heavy atom. The van der Waals surface area contributed by atoms with Gasteiger partial charge in [-0.3, -0.25) is 9.59 Å². The van der Waals surface area contributed by atoms with E-state index in [1.807, 2.05) is 0 Å². The number of rotatable bonds is 2. The van der Waals surface area contributed by atoms with Crippen molar-refractivity contribution in [1.82, 2.24) is 0 Å². The lowest BCUT2D eigenvalue weighted by Crippen LogP contribution is -2.25. The van der Waals surface area contributed by atoms with E-state index in [-0.39, 0.29) is 24.7 Å². The number of benzene rings is 1. The van der Waals surface area contributed by atoms with Crippen LogP contribution in [0.3, 0.4) is 0 Å². The number of hydrogen-bond acceptors (Lipinski definition) is 2. The molecule has 0 aliphatic carbocycles. The molecular weight excluding hydrogens is 225 g/mol. The zero-order valence-corrected chi connectivity index (χ0v) is 9.31. The number of halogens is 1. The standard InChI is InChI=1S/C12H12FNO3/c1-7-4-9(2-3-10(7)13)14-6-8(12(16)17)5-11(14)15/h2-4,8H,5-6H2,1H3,(H,16,17)/t8-/m1/s1.